The highest BCUT2D eigenvalue weighted by atomic mass is 35.5. The van der Waals surface area contributed by atoms with Gasteiger partial charge in [-0.1, -0.05) is 29.8 Å². The zero-order valence-corrected chi connectivity index (χ0v) is 14.9. The largest absolute Gasteiger partial charge is 0.321 e. The molecule has 0 saturated carbocycles. The Morgan fingerprint density at radius 3 is 2.41 bits per heavy atom. The van der Waals surface area contributed by atoms with Crippen molar-refractivity contribution >= 4 is 35.3 Å². The molecular formula is C20H15ClN4O2. The number of hydrogen-bond acceptors (Lipinski definition) is 4. The maximum atomic E-state index is 12.4. The minimum absolute atomic E-state index is 0.290. The fourth-order valence-electron chi connectivity index (χ4n) is 2.26. The number of benzene rings is 2. The van der Waals surface area contributed by atoms with Crippen LogP contribution >= 0.6 is 11.6 Å². The van der Waals surface area contributed by atoms with Gasteiger partial charge in [-0.25, -0.2) is 5.43 Å². The number of amides is 2. The molecule has 2 amide bonds. The van der Waals surface area contributed by atoms with Gasteiger partial charge in [-0.2, -0.15) is 5.10 Å². The molecule has 2 aromatic carbocycles. The molecule has 0 radical (unpaired) electrons. The van der Waals surface area contributed by atoms with Crippen LogP contribution < -0.4 is 10.7 Å². The minimum Gasteiger partial charge on any atom is -0.321 e. The molecule has 0 atom stereocenters. The zero-order chi connectivity index (χ0) is 19.1. The molecule has 7 heteroatoms. The quantitative estimate of drug-likeness (QED) is 0.524. The van der Waals surface area contributed by atoms with Gasteiger partial charge in [-0.15, -0.1) is 0 Å². The molecule has 1 aromatic heterocycles. The number of halogens is 1. The lowest BCUT2D eigenvalue weighted by molar-refractivity contribution is 0.0956. The average Bonchev–Trinajstić information content (AvgIpc) is 2.69. The Morgan fingerprint density at radius 2 is 1.67 bits per heavy atom. The number of rotatable bonds is 5. The van der Waals surface area contributed by atoms with Crippen molar-refractivity contribution in [3.63, 3.8) is 0 Å². The van der Waals surface area contributed by atoms with Crippen LogP contribution in [-0.4, -0.2) is 23.0 Å². The van der Waals surface area contributed by atoms with Crippen LogP contribution in [0.1, 0.15) is 26.4 Å². The van der Waals surface area contributed by atoms with Gasteiger partial charge in [0, 0.05) is 16.8 Å². The SMILES string of the molecule is O=C(Nc1ccccc1C(=O)N/N=C\c1ccccn1)c1ccc(Cl)cc1. The lowest BCUT2D eigenvalue weighted by Crippen LogP contribution is -2.21. The number of carbonyl (C=O) groups excluding carboxylic acids is 2. The Morgan fingerprint density at radius 1 is 0.926 bits per heavy atom. The van der Waals surface area contributed by atoms with E-state index in [1.807, 2.05) is 6.07 Å². The van der Waals surface area contributed by atoms with Gasteiger partial charge in [-0.05, 0) is 48.5 Å². The fourth-order valence-corrected chi connectivity index (χ4v) is 2.38. The Bertz CT molecular complexity index is 973. The smallest absolute Gasteiger partial charge is 0.273 e. The number of para-hydroxylation sites is 1. The van der Waals surface area contributed by atoms with Gasteiger partial charge in [0.15, 0.2) is 0 Å². The predicted octanol–water partition coefficient (Wildman–Crippen LogP) is 3.75. The van der Waals surface area contributed by atoms with Gasteiger partial charge in [0.1, 0.15) is 0 Å². The fraction of sp³-hybridized carbons (Fsp3) is 0. The zero-order valence-electron chi connectivity index (χ0n) is 14.1. The van der Waals surface area contributed by atoms with E-state index in [1.54, 1.807) is 66.9 Å². The Hall–Kier alpha value is -3.51. The Balaban J connectivity index is 1.71. The van der Waals surface area contributed by atoms with Crippen molar-refractivity contribution in [3.05, 3.63) is 94.8 Å². The molecule has 0 aliphatic carbocycles. The summed E-state index contributed by atoms with van der Waals surface area (Å²) >= 11 is 5.83. The van der Waals surface area contributed by atoms with Crippen LogP contribution in [0.15, 0.2) is 78.0 Å². The van der Waals surface area contributed by atoms with E-state index >= 15 is 0 Å². The van der Waals surface area contributed by atoms with Crippen LogP contribution in [0.5, 0.6) is 0 Å². The van der Waals surface area contributed by atoms with Crippen LogP contribution in [-0.2, 0) is 0 Å². The van der Waals surface area contributed by atoms with E-state index in [0.717, 1.165) is 0 Å². The molecule has 0 saturated heterocycles. The van der Waals surface area contributed by atoms with Crippen molar-refractivity contribution in [1.82, 2.24) is 10.4 Å². The van der Waals surface area contributed by atoms with Crippen molar-refractivity contribution < 1.29 is 9.59 Å². The molecule has 3 aromatic rings. The molecule has 1 heterocycles. The third-order valence-corrected chi connectivity index (χ3v) is 3.83. The maximum absolute atomic E-state index is 12.4. The summed E-state index contributed by atoms with van der Waals surface area (Å²) in [6, 6.07) is 18.5. The number of anilines is 1. The van der Waals surface area contributed by atoms with E-state index in [4.69, 9.17) is 11.6 Å². The Labute approximate surface area is 160 Å². The lowest BCUT2D eigenvalue weighted by Gasteiger charge is -2.10. The van der Waals surface area contributed by atoms with Crippen molar-refractivity contribution in [2.45, 2.75) is 0 Å². The van der Waals surface area contributed by atoms with Gasteiger partial charge in [-0.3, -0.25) is 14.6 Å². The predicted molar refractivity (Wildman–Crippen MR) is 105 cm³/mol. The summed E-state index contributed by atoms with van der Waals surface area (Å²) in [7, 11) is 0. The first-order valence-electron chi connectivity index (χ1n) is 8.04. The van der Waals surface area contributed by atoms with E-state index in [9.17, 15) is 9.59 Å². The molecule has 0 fully saturated rings. The second-order valence-electron chi connectivity index (χ2n) is 5.46. The van der Waals surface area contributed by atoms with Crippen molar-refractivity contribution in [2.75, 3.05) is 5.32 Å². The molecule has 3 rings (SSSR count). The third-order valence-electron chi connectivity index (χ3n) is 3.58. The first-order chi connectivity index (χ1) is 13.1. The summed E-state index contributed by atoms with van der Waals surface area (Å²) in [6.07, 6.45) is 3.07. The van der Waals surface area contributed by atoms with Crippen LogP contribution in [0, 0.1) is 0 Å². The summed E-state index contributed by atoms with van der Waals surface area (Å²) in [4.78, 5) is 28.9. The van der Waals surface area contributed by atoms with Gasteiger partial charge < -0.3 is 5.32 Å². The van der Waals surface area contributed by atoms with E-state index in [2.05, 4.69) is 20.8 Å². The molecule has 0 aliphatic rings. The number of nitrogens with one attached hydrogen (secondary N) is 2. The summed E-state index contributed by atoms with van der Waals surface area (Å²) in [5.74, 6) is -0.793. The Kier molecular flexibility index (Phi) is 5.91. The van der Waals surface area contributed by atoms with Crippen molar-refractivity contribution in [1.29, 1.82) is 0 Å². The minimum atomic E-state index is -0.450. The van der Waals surface area contributed by atoms with Crippen molar-refractivity contribution in [2.24, 2.45) is 5.10 Å². The summed E-state index contributed by atoms with van der Waals surface area (Å²) in [5.41, 5.74) is 4.14. The number of pyridine rings is 1. The highest BCUT2D eigenvalue weighted by Crippen LogP contribution is 2.17. The van der Waals surface area contributed by atoms with Gasteiger partial charge in [0.05, 0.1) is 23.2 Å². The standard InChI is InChI=1S/C20H15ClN4O2/c21-15-10-8-14(9-11-15)19(26)24-18-7-2-1-6-17(18)20(27)25-23-13-16-5-3-4-12-22-16/h1-13H,(H,24,26)(H,25,27)/b23-13-. The number of hydrazone groups is 1. The molecule has 2 N–H and O–H groups in total. The molecule has 0 spiro atoms. The normalized spacial score (nSPS) is 10.6. The first-order valence-corrected chi connectivity index (χ1v) is 8.41. The number of carbonyl (C=O) groups is 2. The molecular weight excluding hydrogens is 364 g/mol. The van der Waals surface area contributed by atoms with Gasteiger partial charge >= 0.3 is 0 Å². The summed E-state index contributed by atoms with van der Waals surface area (Å²) in [6.45, 7) is 0. The van der Waals surface area contributed by atoms with E-state index in [-0.39, 0.29) is 11.5 Å². The van der Waals surface area contributed by atoms with E-state index in [0.29, 0.717) is 22.0 Å². The molecule has 134 valence electrons. The number of nitrogens with zero attached hydrogens (tertiary/aromatic N) is 2. The molecule has 0 bridgehead atoms. The van der Waals surface area contributed by atoms with E-state index < -0.39 is 5.91 Å². The molecule has 0 unspecified atom stereocenters. The number of hydrogen-bond donors (Lipinski definition) is 2. The third kappa shape index (κ3) is 4.99. The monoisotopic (exact) mass is 378 g/mol. The molecule has 6 nitrogen and oxygen atoms in total. The van der Waals surface area contributed by atoms with Crippen LogP contribution in [0.2, 0.25) is 5.02 Å². The second-order valence-corrected chi connectivity index (χ2v) is 5.90. The molecule has 0 aliphatic heterocycles. The van der Waals surface area contributed by atoms with Crippen LogP contribution in [0.3, 0.4) is 0 Å². The average molecular weight is 379 g/mol. The lowest BCUT2D eigenvalue weighted by atomic mass is 10.1. The van der Waals surface area contributed by atoms with Gasteiger partial charge in [0.2, 0.25) is 0 Å². The summed E-state index contributed by atoms with van der Waals surface area (Å²) < 4.78 is 0. The molecule has 27 heavy (non-hydrogen) atoms. The van der Waals surface area contributed by atoms with Crippen molar-refractivity contribution in [3.8, 4) is 0 Å². The topological polar surface area (TPSA) is 83.5 Å². The number of aromatic nitrogens is 1. The first kappa shape index (κ1) is 18.3. The highest BCUT2D eigenvalue weighted by molar-refractivity contribution is 6.30. The van der Waals surface area contributed by atoms with E-state index in [1.165, 1.54) is 6.21 Å². The van der Waals surface area contributed by atoms with Crippen LogP contribution in [0.4, 0.5) is 5.69 Å². The van der Waals surface area contributed by atoms with Crippen LogP contribution in [0.25, 0.3) is 0 Å². The highest BCUT2D eigenvalue weighted by Gasteiger charge is 2.13. The van der Waals surface area contributed by atoms with Gasteiger partial charge in [0.25, 0.3) is 11.8 Å². The summed E-state index contributed by atoms with van der Waals surface area (Å²) in [5, 5.41) is 7.16. The maximum Gasteiger partial charge on any atom is 0.273 e. The second kappa shape index (κ2) is 8.73.